The van der Waals surface area contributed by atoms with Crippen LogP contribution < -0.4 is 5.48 Å². The van der Waals surface area contributed by atoms with Gasteiger partial charge in [-0.3, -0.25) is 15.1 Å². The van der Waals surface area contributed by atoms with Gasteiger partial charge in [0.2, 0.25) is 0 Å². The Morgan fingerprint density at radius 1 is 1.85 bits per heavy atom. The molecule has 1 heterocycles. The summed E-state index contributed by atoms with van der Waals surface area (Å²) in [4.78, 5) is 15.9. The number of nitrogens with one attached hydrogen (secondary N) is 1. The second kappa shape index (κ2) is 5.09. The number of esters is 1. The van der Waals surface area contributed by atoms with Crippen molar-refractivity contribution < 1.29 is 14.4 Å². The maximum atomic E-state index is 10.8. The molecule has 0 aliphatic carbocycles. The zero-order valence-electron chi connectivity index (χ0n) is 7.38. The van der Waals surface area contributed by atoms with Crippen LogP contribution in [0.4, 0.5) is 0 Å². The molecule has 0 spiro atoms. The molecule has 1 atom stereocenters. The van der Waals surface area contributed by atoms with Crippen LogP contribution in [0.3, 0.4) is 0 Å². The van der Waals surface area contributed by atoms with Crippen LogP contribution in [0.15, 0.2) is 11.8 Å². The lowest BCUT2D eigenvalue weighted by molar-refractivity contribution is -0.141. The molecule has 0 amide bonds. The molecule has 5 heteroatoms. The van der Waals surface area contributed by atoms with Gasteiger partial charge in [-0.15, -0.1) is 11.6 Å². The van der Waals surface area contributed by atoms with Crippen molar-refractivity contribution in [1.82, 2.24) is 5.48 Å². The summed E-state index contributed by atoms with van der Waals surface area (Å²) in [5, 5.41) is 0. The quantitative estimate of drug-likeness (QED) is 0.549. The Hall–Kier alpha value is -0.740. The van der Waals surface area contributed by atoms with E-state index in [-0.39, 0.29) is 12.1 Å². The number of carbonyl (C=O) groups excluding carboxylic acids is 1. The first-order valence-electron chi connectivity index (χ1n) is 4.01. The first-order valence-corrected chi connectivity index (χ1v) is 4.55. The third-order valence-corrected chi connectivity index (χ3v) is 2.02. The van der Waals surface area contributed by atoms with Crippen LogP contribution in [-0.2, 0) is 14.4 Å². The topological polar surface area (TPSA) is 47.6 Å². The highest BCUT2D eigenvalue weighted by Crippen LogP contribution is 2.12. The van der Waals surface area contributed by atoms with Gasteiger partial charge in [-0.25, -0.2) is 0 Å². The van der Waals surface area contributed by atoms with E-state index in [0.717, 1.165) is 5.70 Å². The second-order valence-corrected chi connectivity index (χ2v) is 2.97. The van der Waals surface area contributed by atoms with Crippen LogP contribution in [0.2, 0.25) is 0 Å². The second-order valence-electron chi connectivity index (χ2n) is 2.70. The van der Waals surface area contributed by atoms with Gasteiger partial charge in [-0.05, 0) is 12.5 Å². The number of rotatable bonds is 4. The summed E-state index contributed by atoms with van der Waals surface area (Å²) in [6.45, 7) is 0. The van der Waals surface area contributed by atoms with Gasteiger partial charge in [0.25, 0.3) is 0 Å². The van der Waals surface area contributed by atoms with Gasteiger partial charge < -0.3 is 4.74 Å². The van der Waals surface area contributed by atoms with E-state index < -0.39 is 0 Å². The summed E-state index contributed by atoms with van der Waals surface area (Å²) in [7, 11) is 1.37. The molecule has 1 aliphatic rings. The highest BCUT2D eigenvalue weighted by atomic mass is 35.5. The van der Waals surface area contributed by atoms with Crippen molar-refractivity contribution in [2.45, 2.75) is 18.9 Å². The van der Waals surface area contributed by atoms with Gasteiger partial charge in [0.1, 0.15) is 6.10 Å². The smallest absolute Gasteiger partial charge is 0.305 e. The van der Waals surface area contributed by atoms with Gasteiger partial charge in [-0.2, -0.15) is 0 Å². The molecule has 1 rings (SSSR count). The predicted octanol–water partition coefficient (Wildman–Crippen LogP) is 0.966. The van der Waals surface area contributed by atoms with E-state index >= 15 is 0 Å². The summed E-state index contributed by atoms with van der Waals surface area (Å²) in [6, 6.07) is 0. The highest BCUT2D eigenvalue weighted by molar-refractivity contribution is 6.19. The fourth-order valence-electron chi connectivity index (χ4n) is 1.02. The largest absolute Gasteiger partial charge is 0.469 e. The first-order chi connectivity index (χ1) is 6.26. The van der Waals surface area contributed by atoms with Crippen LogP contribution in [0.5, 0.6) is 0 Å². The minimum Gasteiger partial charge on any atom is -0.469 e. The van der Waals surface area contributed by atoms with Crippen LogP contribution in [0.1, 0.15) is 12.8 Å². The molecule has 0 fully saturated rings. The maximum Gasteiger partial charge on any atom is 0.305 e. The van der Waals surface area contributed by atoms with Crippen molar-refractivity contribution in [2.24, 2.45) is 0 Å². The van der Waals surface area contributed by atoms with Gasteiger partial charge in [-0.1, -0.05) is 0 Å². The lowest BCUT2D eigenvalue weighted by Gasteiger charge is -2.05. The monoisotopic (exact) mass is 205 g/mol. The van der Waals surface area contributed by atoms with Gasteiger partial charge >= 0.3 is 5.97 Å². The van der Waals surface area contributed by atoms with Crippen LogP contribution in [-0.4, -0.2) is 25.1 Å². The molecule has 0 saturated heterocycles. The van der Waals surface area contributed by atoms with Crippen molar-refractivity contribution in [1.29, 1.82) is 0 Å². The maximum absolute atomic E-state index is 10.8. The van der Waals surface area contributed by atoms with Crippen LogP contribution in [0.25, 0.3) is 0 Å². The Morgan fingerprint density at radius 3 is 3.15 bits per heavy atom. The molecule has 74 valence electrons. The molecule has 4 nitrogen and oxygen atoms in total. The normalized spacial score (nSPS) is 20.8. The van der Waals surface area contributed by atoms with E-state index in [2.05, 4.69) is 10.2 Å². The Labute approximate surface area is 81.8 Å². The number of hydroxylamine groups is 1. The molecular weight excluding hydrogens is 194 g/mol. The molecule has 0 aromatic rings. The van der Waals surface area contributed by atoms with Crippen molar-refractivity contribution >= 4 is 17.6 Å². The summed E-state index contributed by atoms with van der Waals surface area (Å²) in [6.07, 6.45) is 2.76. The number of ether oxygens (including phenoxy) is 1. The van der Waals surface area contributed by atoms with Crippen molar-refractivity contribution in [2.75, 3.05) is 13.0 Å². The van der Waals surface area contributed by atoms with Gasteiger partial charge in [0.05, 0.1) is 18.7 Å². The lowest BCUT2D eigenvalue weighted by Crippen LogP contribution is -2.14. The fraction of sp³-hybridized carbons (Fsp3) is 0.625. The predicted molar refractivity (Wildman–Crippen MR) is 48.1 cm³/mol. The minimum absolute atomic E-state index is 0.0761. The zero-order valence-corrected chi connectivity index (χ0v) is 8.13. The summed E-state index contributed by atoms with van der Waals surface area (Å²) >= 11 is 5.56. The molecule has 0 aromatic carbocycles. The highest BCUT2D eigenvalue weighted by Gasteiger charge is 2.16. The number of halogens is 1. The lowest BCUT2D eigenvalue weighted by atomic mass is 10.2. The number of hydrogen-bond donors (Lipinski definition) is 1. The van der Waals surface area contributed by atoms with Crippen LogP contribution in [0, 0.1) is 0 Å². The van der Waals surface area contributed by atoms with E-state index in [0.29, 0.717) is 18.7 Å². The number of alkyl halides is 1. The molecule has 1 unspecified atom stereocenters. The van der Waals surface area contributed by atoms with E-state index in [4.69, 9.17) is 16.4 Å². The Balaban J connectivity index is 2.24. The van der Waals surface area contributed by atoms with E-state index in [1.54, 1.807) is 0 Å². The molecule has 0 aromatic heterocycles. The van der Waals surface area contributed by atoms with Gasteiger partial charge in [0, 0.05) is 6.42 Å². The number of hydrogen-bond acceptors (Lipinski definition) is 4. The molecule has 0 saturated carbocycles. The summed E-state index contributed by atoms with van der Waals surface area (Å²) in [5.41, 5.74) is 3.52. The number of allylic oxidation sites excluding steroid dienone is 1. The number of methoxy groups -OCH3 is 1. The Kier molecular flexibility index (Phi) is 4.05. The van der Waals surface area contributed by atoms with Crippen LogP contribution >= 0.6 is 11.6 Å². The first kappa shape index (κ1) is 10.3. The third-order valence-electron chi connectivity index (χ3n) is 1.73. The summed E-state index contributed by atoms with van der Waals surface area (Å²) in [5.74, 6) is 0.172. The van der Waals surface area contributed by atoms with Crippen molar-refractivity contribution in [3.8, 4) is 0 Å². The third kappa shape index (κ3) is 3.24. The molecule has 0 radical (unpaired) electrons. The standard InChI is InChI=1S/C8H12ClNO3/c1-12-8(11)3-2-7-4-6(5-9)10-13-7/h4,7,10H,2-3,5H2,1H3. The average molecular weight is 206 g/mol. The molecule has 13 heavy (non-hydrogen) atoms. The Morgan fingerprint density at radius 2 is 2.62 bits per heavy atom. The molecule has 1 aliphatic heterocycles. The fourth-order valence-corrected chi connectivity index (χ4v) is 1.16. The molecular formula is C8H12ClNO3. The van der Waals surface area contributed by atoms with Gasteiger partial charge in [0.15, 0.2) is 0 Å². The van der Waals surface area contributed by atoms with E-state index in [9.17, 15) is 4.79 Å². The van der Waals surface area contributed by atoms with Crippen molar-refractivity contribution in [3.05, 3.63) is 11.8 Å². The SMILES string of the molecule is COC(=O)CCC1C=C(CCl)NO1. The Bertz CT molecular complexity index is 217. The van der Waals surface area contributed by atoms with E-state index in [1.807, 2.05) is 6.08 Å². The average Bonchev–Trinajstić information content (AvgIpc) is 2.61. The number of carbonyl (C=O) groups is 1. The minimum atomic E-state index is -0.226. The van der Waals surface area contributed by atoms with E-state index in [1.165, 1.54) is 7.11 Å². The van der Waals surface area contributed by atoms with Crippen molar-refractivity contribution in [3.63, 3.8) is 0 Å². The molecule has 0 bridgehead atoms. The summed E-state index contributed by atoms with van der Waals surface area (Å²) < 4.78 is 4.50. The zero-order chi connectivity index (χ0) is 9.68. The molecule has 1 N–H and O–H groups in total.